The summed E-state index contributed by atoms with van der Waals surface area (Å²) >= 11 is 0. The minimum absolute atomic E-state index is 0.155. The molecule has 1 spiro atoms. The van der Waals surface area contributed by atoms with Crippen LogP contribution in [0.2, 0.25) is 0 Å². The quantitative estimate of drug-likeness (QED) is 0.834. The van der Waals surface area contributed by atoms with Gasteiger partial charge in [-0.2, -0.15) is 0 Å². The van der Waals surface area contributed by atoms with Gasteiger partial charge in [0.05, 0.1) is 5.60 Å². The van der Waals surface area contributed by atoms with E-state index in [-0.39, 0.29) is 5.60 Å². The fourth-order valence-electron chi connectivity index (χ4n) is 4.60. The van der Waals surface area contributed by atoms with Crippen molar-refractivity contribution in [3.05, 3.63) is 0 Å². The Labute approximate surface area is 117 Å². The van der Waals surface area contributed by atoms with Crippen molar-refractivity contribution in [3.63, 3.8) is 0 Å². The highest BCUT2D eigenvalue weighted by Gasteiger charge is 2.47. The zero-order chi connectivity index (χ0) is 13.3. The summed E-state index contributed by atoms with van der Waals surface area (Å²) in [6.45, 7) is 5.27. The van der Waals surface area contributed by atoms with Crippen LogP contribution in [-0.2, 0) is 9.47 Å². The first-order valence-corrected chi connectivity index (χ1v) is 8.05. The van der Waals surface area contributed by atoms with Crippen molar-refractivity contribution in [3.8, 4) is 0 Å². The molecule has 110 valence electrons. The van der Waals surface area contributed by atoms with Crippen molar-refractivity contribution in [2.45, 2.75) is 63.5 Å². The van der Waals surface area contributed by atoms with Crippen LogP contribution in [0.15, 0.2) is 0 Å². The van der Waals surface area contributed by atoms with E-state index in [0.29, 0.717) is 5.41 Å². The summed E-state index contributed by atoms with van der Waals surface area (Å²) in [7, 11) is 2.11. The van der Waals surface area contributed by atoms with Gasteiger partial charge in [-0.3, -0.25) is 0 Å². The molecule has 3 rings (SSSR count). The normalized spacial score (nSPS) is 42.6. The average Bonchev–Trinajstić information content (AvgIpc) is 2.83. The molecule has 3 nitrogen and oxygen atoms in total. The predicted molar refractivity (Wildman–Crippen MR) is 76.3 cm³/mol. The molecule has 3 unspecified atom stereocenters. The van der Waals surface area contributed by atoms with E-state index in [0.717, 1.165) is 44.6 Å². The van der Waals surface area contributed by atoms with E-state index in [1.807, 2.05) is 0 Å². The molecule has 2 saturated heterocycles. The molecule has 0 bridgehead atoms. The topological polar surface area (TPSA) is 30.5 Å². The van der Waals surface area contributed by atoms with Crippen LogP contribution >= 0.6 is 0 Å². The highest BCUT2D eigenvalue weighted by molar-refractivity contribution is 4.99. The molecule has 2 heterocycles. The van der Waals surface area contributed by atoms with E-state index < -0.39 is 0 Å². The van der Waals surface area contributed by atoms with Gasteiger partial charge in [-0.25, -0.2) is 0 Å². The minimum Gasteiger partial charge on any atom is -0.381 e. The lowest BCUT2D eigenvalue weighted by molar-refractivity contribution is -0.160. The Kier molecular flexibility index (Phi) is 3.89. The van der Waals surface area contributed by atoms with Gasteiger partial charge in [-0.15, -0.1) is 0 Å². The molecule has 3 aliphatic rings. The second kappa shape index (κ2) is 5.34. The van der Waals surface area contributed by atoms with Gasteiger partial charge >= 0.3 is 0 Å². The number of nitrogens with one attached hydrogen (secondary N) is 1. The summed E-state index contributed by atoms with van der Waals surface area (Å²) in [5.74, 6) is 0.845. The maximum Gasteiger partial charge on any atom is 0.0729 e. The zero-order valence-corrected chi connectivity index (χ0v) is 12.5. The molecule has 19 heavy (non-hydrogen) atoms. The third kappa shape index (κ3) is 2.70. The first-order valence-electron chi connectivity index (χ1n) is 8.05. The Morgan fingerprint density at radius 1 is 1.00 bits per heavy atom. The smallest absolute Gasteiger partial charge is 0.0729 e. The average molecular weight is 267 g/mol. The van der Waals surface area contributed by atoms with Gasteiger partial charge in [0.2, 0.25) is 0 Å². The van der Waals surface area contributed by atoms with Gasteiger partial charge in [-0.05, 0) is 63.3 Å². The Balaban J connectivity index is 1.68. The first kappa shape index (κ1) is 13.8. The molecule has 1 saturated carbocycles. The summed E-state index contributed by atoms with van der Waals surface area (Å²) in [5.41, 5.74) is 0.685. The van der Waals surface area contributed by atoms with Gasteiger partial charge in [-0.1, -0.05) is 6.92 Å². The lowest BCUT2D eigenvalue weighted by atomic mass is 9.67. The molecule has 1 aliphatic carbocycles. The molecule has 0 aromatic rings. The van der Waals surface area contributed by atoms with Crippen molar-refractivity contribution in [1.29, 1.82) is 0 Å². The van der Waals surface area contributed by atoms with E-state index in [1.165, 1.54) is 32.1 Å². The SMILES string of the molecule is CNC1CCC(C)(C2CCOC3(CCOCC3)C2)C1. The highest BCUT2D eigenvalue weighted by Crippen LogP contribution is 2.51. The Bertz CT molecular complexity index is 308. The van der Waals surface area contributed by atoms with E-state index in [1.54, 1.807) is 0 Å². The minimum atomic E-state index is 0.155. The molecule has 0 amide bonds. The Morgan fingerprint density at radius 2 is 1.79 bits per heavy atom. The lowest BCUT2D eigenvalue weighted by Crippen LogP contribution is -2.47. The molecule has 1 N–H and O–H groups in total. The maximum absolute atomic E-state index is 6.20. The van der Waals surface area contributed by atoms with Crippen LogP contribution in [-0.4, -0.2) is 38.5 Å². The fraction of sp³-hybridized carbons (Fsp3) is 1.00. The standard InChI is InChI=1S/C16H29NO2/c1-15(5-3-14(12-15)17-2)13-4-8-19-16(11-13)6-9-18-10-7-16/h13-14,17H,3-12H2,1-2H3. The second-order valence-electron chi connectivity index (χ2n) is 7.22. The van der Waals surface area contributed by atoms with Gasteiger partial charge in [0.15, 0.2) is 0 Å². The molecular formula is C16H29NO2. The van der Waals surface area contributed by atoms with Crippen LogP contribution in [0.1, 0.15) is 51.9 Å². The third-order valence-electron chi connectivity index (χ3n) is 6.07. The molecule has 0 aromatic carbocycles. The van der Waals surface area contributed by atoms with E-state index >= 15 is 0 Å². The van der Waals surface area contributed by atoms with E-state index in [9.17, 15) is 0 Å². The van der Waals surface area contributed by atoms with Crippen LogP contribution in [0.4, 0.5) is 0 Å². The lowest BCUT2D eigenvalue weighted by Gasteiger charge is -2.48. The van der Waals surface area contributed by atoms with E-state index in [4.69, 9.17) is 9.47 Å². The molecule has 0 radical (unpaired) electrons. The zero-order valence-electron chi connectivity index (χ0n) is 12.5. The maximum atomic E-state index is 6.20. The summed E-state index contributed by atoms with van der Waals surface area (Å²) in [6, 6.07) is 0.735. The number of hydrogen-bond acceptors (Lipinski definition) is 3. The number of hydrogen-bond donors (Lipinski definition) is 1. The van der Waals surface area contributed by atoms with Gasteiger partial charge in [0, 0.05) is 25.9 Å². The van der Waals surface area contributed by atoms with Crippen LogP contribution in [0.3, 0.4) is 0 Å². The highest BCUT2D eigenvalue weighted by atomic mass is 16.5. The van der Waals surface area contributed by atoms with Crippen molar-refractivity contribution < 1.29 is 9.47 Å². The summed E-state index contributed by atoms with van der Waals surface area (Å²) in [5, 5.41) is 3.48. The number of rotatable bonds is 2. The monoisotopic (exact) mass is 267 g/mol. The predicted octanol–water partition coefficient (Wildman–Crippen LogP) is 2.74. The van der Waals surface area contributed by atoms with Gasteiger partial charge < -0.3 is 14.8 Å². The van der Waals surface area contributed by atoms with Crippen LogP contribution in [0, 0.1) is 11.3 Å². The molecule has 2 aliphatic heterocycles. The van der Waals surface area contributed by atoms with Crippen molar-refractivity contribution in [2.75, 3.05) is 26.9 Å². The molecular weight excluding hydrogens is 238 g/mol. The van der Waals surface area contributed by atoms with Crippen molar-refractivity contribution >= 4 is 0 Å². The molecule has 3 atom stereocenters. The van der Waals surface area contributed by atoms with Crippen LogP contribution in [0.25, 0.3) is 0 Å². The van der Waals surface area contributed by atoms with Crippen LogP contribution in [0.5, 0.6) is 0 Å². The second-order valence-corrected chi connectivity index (χ2v) is 7.22. The number of ether oxygens (including phenoxy) is 2. The first-order chi connectivity index (χ1) is 9.16. The van der Waals surface area contributed by atoms with Gasteiger partial charge in [0.1, 0.15) is 0 Å². The fourth-order valence-corrected chi connectivity index (χ4v) is 4.60. The Hall–Kier alpha value is -0.120. The van der Waals surface area contributed by atoms with E-state index in [2.05, 4.69) is 19.3 Å². The summed E-state index contributed by atoms with van der Waals surface area (Å²) in [6.07, 6.45) is 8.82. The third-order valence-corrected chi connectivity index (χ3v) is 6.07. The molecule has 3 heteroatoms. The Morgan fingerprint density at radius 3 is 2.47 bits per heavy atom. The summed E-state index contributed by atoms with van der Waals surface area (Å²) < 4.78 is 11.7. The largest absolute Gasteiger partial charge is 0.381 e. The molecule has 0 aromatic heterocycles. The van der Waals surface area contributed by atoms with Crippen molar-refractivity contribution in [1.82, 2.24) is 5.32 Å². The molecule has 3 fully saturated rings. The van der Waals surface area contributed by atoms with Gasteiger partial charge in [0.25, 0.3) is 0 Å². The van der Waals surface area contributed by atoms with Crippen LogP contribution < -0.4 is 5.32 Å². The summed E-state index contributed by atoms with van der Waals surface area (Å²) in [4.78, 5) is 0. The van der Waals surface area contributed by atoms with Crippen molar-refractivity contribution in [2.24, 2.45) is 11.3 Å².